The van der Waals surface area contributed by atoms with Crippen molar-refractivity contribution in [2.45, 2.75) is 3.24 Å². The van der Waals surface area contributed by atoms with Crippen molar-refractivity contribution in [2.24, 2.45) is 0 Å². The van der Waals surface area contributed by atoms with Crippen LogP contribution in [0.15, 0.2) is 0 Å². The first-order chi connectivity index (χ1) is 5.71. The molecule has 0 aromatic carbocycles. The third-order valence-electron chi connectivity index (χ3n) is 1.14. The first-order valence-corrected chi connectivity index (χ1v) is 6.47. The molecule has 0 saturated carbocycles. The highest BCUT2D eigenvalue weighted by Gasteiger charge is 2.58. The van der Waals surface area contributed by atoms with Crippen LogP contribution in [0.25, 0.3) is 0 Å². The fourth-order valence-corrected chi connectivity index (χ4v) is 3.25. The van der Waals surface area contributed by atoms with E-state index < -0.39 is 36.7 Å². The molecule has 0 atom stereocenters. The molecule has 0 aromatic heterocycles. The minimum Gasteiger partial charge on any atom is -0.264 e. The zero-order chi connectivity index (χ0) is 10.3. The lowest BCUT2D eigenvalue weighted by Gasteiger charge is -2.12. The Kier molecular flexibility index (Phi) is 2.71. The zero-order valence-electron chi connectivity index (χ0n) is 5.94. The second-order valence-corrected chi connectivity index (χ2v) is 7.83. The number of alkyl halides is 2. The number of rotatable bonds is 0. The van der Waals surface area contributed by atoms with E-state index in [9.17, 15) is 21.2 Å². The van der Waals surface area contributed by atoms with Crippen molar-refractivity contribution in [1.29, 1.82) is 0 Å². The molecule has 1 aliphatic rings. The van der Waals surface area contributed by atoms with Gasteiger partial charge < -0.3 is 0 Å². The summed E-state index contributed by atoms with van der Waals surface area (Å²) in [5.41, 5.74) is 0. The molecule has 1 aliphatic heterocycles. The number of hydrogen-bond acceptors (Lipinski definition) is 6. The summed E-state index contributed by atoms with van der Waals surface area (Å²) in [7, 11) is -9.74. The molecule has 13 heavy (non-hydrogen) atoms. The summed E-state index contributed by atoms with van der Waals surface area (Å²) in [5, 5.41) is 0. The first kappa shape index (κ1) is 11.3. The monoisotopic (exact) mass is 298 g/mol. The van der Waals surface area contributed by atoms with E-state index in [1.165, 1.54) is 0 Å². The molecule has 1 saturated heterocycles. The molecular weight excluding hydrogens is 295 g/mol. The predicted octanol–water partition coefficient (Wildman–Crippen LogP) is -0.331. The Morgan fingerprint density at radius 2 is 1.38 bits per heavy atom. The van der Waals surface area contributed by atoms with E-state index in [1.807, 2.05) is 15.9 Å². The quantitative estimate of drug-likeness (QED) is 0.449. The Bertz CT molecular complexity index is 358. The maximum Gasteiger partial charge on any atom is 0.410 e. The maximum absolute atomic E-state index is 13.2. The van der Waals surface area contributed by atoms with Gasteiger partial charge in [-0.1, -0.05) is 0 Å². The van der Waals surface area contributed by atoms with Gasteiger partial charge in [0.15, 0.2) is 0 Å². The summed E-state index contributed by atoms with van der Waals surface area (Å²) in [5.74, 6) is 0. The van der Waals surface area contributed by atoms with Gasteiger partial charge in [0.2, 0.25) is 0 Å². The Hall–Kier alpha value is 0.230. The molecule has 0 N–H and O–H groups in total. The molecule has 1 rings (SSSR count). The molecule has 0 aromatic rings. The van der Waals surface area contributed by atoms with Gasteiger partial charge in [-0.2, -0.15) is 21.2 Å². The van der Waals surface area contributed by atoms with E-state index in [4.69, 9.17) is 0 Å². The van der Waals surface area contributed by atoms with Crippen LogP contribution in [0.3, 0.4) is 0 Å². The smallest absolute Gasteiger partial charge is 0.264 e. The van der Waals surface area contributed by atoms with Gasteiger partial charge in [0, 0.05) is 0 Å². The van der Waals surface area contributed by atoms with Crippen molar-refractivity contribution < 1.29 is 29.6 Å². The van der Waals surface area contributed by atoms with Crippen LogP contribution in [0.5, 0.6) is 0 Å². The fraction of sp³-hybridized carbons (Fsp3) is 1.00. The van der Waals surface area contributed by atoms with Gasteiger partial charge in [0.1, 0.15) is 0 Å². The summed E-state index contributed by atoms with van der Waals surface area (Å²) in [6, 6.07) is 0. The van der Waals surface area contributed by atoms with Gasteiger partial charge in [-0.3, -0.25) is 8.37 Å². The van der Waals surface area contributed by atoms with Gasteiger partial charge in [0.25, 0.3) is 0 Å². The summed E-state index contributed by atoms with van der Waals surface area (Å²) < 4.78 is 60.8. The van der Waals surface area contributed by atoms with Crippen molar-refractivity contribution >= 4 is 36.2 Å². The molecule has 1 heterocycles. The SMILES string of the molecule is O=S1(=O)OCCOS(=O)(=O)C1(F)Br. The van der Waals surface area contributed by atoms with E-state index in [1.54, 1.807) is 0 Å². The second-order valence-electron chi connectivity index (χ2n) is 2.02. The van der Waals surface area contributed by atoms with E-state index >= 15 is 0 Å². The lowest BCUT2D eigenvalue weighted by Crippen LogP contribution is -2.35. The van der Waals surface area contributed by atoms with E-state index in [0.717, 1.165) is 0 Å². The van der Waals surface area contributed by atoms with Gasteiger partial charge in [-0.05, 0) is 15.9 Å². The van der Waals surface area contributed by atoms with E-state index in [-0.39, 0.29) is 0 Å². The topological polar surface area (TPSA) is 86.7 Å². The van der Waals surface area contributed by atoms with Gasteiger partial charge >= 0.3 is 23.5 Å². The Morgan fingerprint density at radius 1 is 1.08 bits per heavy atom. The van der Waals surface area contributed by atoms with Crippen LogP contribution in [-0.2, 0) is 28.6 Å². The lowest BCUT2D eigenvalue weighted by molar-refractivity contribution is 0.237. The molecule has 1 fully saturated rings. The highest BCUT2D eigenvalue weighted by Crippen LogP contribution is 2.37. The molecule has 0 bridgehead atoms. The minimum atomic E-state index is -4.87. The summed E-state index contributed by atoms with van der Waals surface area (Å²) in [6.45, 7) is -1.09. The average molecular weight is 299 g/mol. The summed E-state index contributed by atoms with van der Waals surface area (Å²) in [6.07, 6.45) is 0. The van der Waals surface area contributed by atoms with Crippen LogP contribution in [0.2, 0.25) is 0 Å². The molecule has 0 aliphatic carbocycles. The zero-order valence-corrected chi connectivity index (χ0v) is 9.16. The van der Waals surface area contributed by atoms with Crippen LogP contribution in [0.4, 0.5) is 4.39 Å². The van der Waals surface area contributed by atoms with E-state index in [0.29, 0.717) is 0 Å². The number of halogens is 2. The van der Waals surface area contributed by atoms with Crippen molar-refractivity contribution in [3.63, 3.8) is 0 Å². The molecule has 6 nitrogen and oxygen atoms in total. The van der Waals surface area contributed by atoms with Gasteiger partial charge in [-0.15, -0.1) is 0 Å². The van der Waals surface area contributed by atoms with Crippen LogP contribution in [0, 0.1) is 0 Å². The van der Waals surface area contributed by atoms with E-state index in [2.05, 4.69) is 8.37 Å². The molecule has 0 unspecified atom stereocenters. The molecule has 0 amide bonds. The molecule has 78 valence electrons. The molecular formula is C3H4BrFO6S2. The standard InChI is InChI=1S/C3H4BrFO6S2/c4-3(5)12(6,7)10-1-2-11-13(3,8)9/h1-2H2. The van der Waals surface area contributed by atoms with Crippen LogP contribution in [0.1, 0.15) is 0 Å². The lowest BCUT2D eigenvalue weighted by atomic mass is 10.8. The molecule has 0 spiro atoms. The van der Waals surface area contributed by atoms with Crippen LogP contribution in [-0.4, -0.2) is 33.3 Å². The summed E-state index contributed by atoms with van der Waals surface area (Å²) in [4.78, 5) is 0. The third kappa shape index (κ3) is 1.73. The first-order valence-electron chi connectivity index (χ1n) is 2.86. The normalized spacial score (nSPS) is 30.6. The average Bonchev–Trinajstić information content (AvgIpc) is 2.01. The Balaban J connectivity index is 3.36. The van der Waals surface area contributed by atoms with Gasteiger partial charge in [0.05, 0.1) is 13.2 Å². The third-order valence-corrected chi connectivity index (χ3v) is 6.86. The van der Waals surface area contributed by atoms with Crippen LogP contribution < -0.4 is 0 Å². The summed E-state index contributed by atoms with van der Waals surface area (Å²) >= 11 is 1.89. The van der Waals surface area contributed by atoms with Crippen molar-refractivity contribution in [3.8, 4) is 0 Å². The molecule has 0 radical (unpaired) electrons. The second kappa shape index (κ2) is 3.12. The van der Waals surface area contributed by atoms with Crippen LogP contribution >= 0.6 is 15.9 Å². The van der Waals surface area contributed by atoms with Gasteiger partial charge in [-0.25, -0.2) is 0 Å². The minimum absolute atomic E-state index is 0.543. The maximum atomic E-state index is 13.2. The van der Waals surface area contributed by atoms with Crippen molar-refractivity contribution in [2.75, 3.05) is 13.2 Å². The Morgan fingerprint density at radius 3 is 1.69 bits per heavy atom. The molecule has 10 heteroatoms. The van der Waals surface area contributed by atoms with Crippen molar-refractivity contribution in [3.05, 3.63) is 0 Å². The number of hydrogen-bond donors (Lipinski definition) is 0. The fourth-order valence-electron chi connectivity index (χ4n) is 0.550. The predicted molar refractivity (Wildman–Crippen MR) is 42.5 cm³/mol. The van der Waals surface area contributed by atoms with Crippen molar-refractivity contribution in [1.82, 2.24) is 0 Å². The highest BCUT2D eigenvalue weighted by molar-refractivity contribution is 9.13. The highest BCUT2D eigenvalue weighted by atomic mass is 79.9. The largest absolute Gasteiger partial charge is 0.410 e. The Labute approximate surface area is 82.4 Å².